The maximum Gasteiger partial charge on any atom is 0.309 e. The zero-order valence-corrected chi connectivity index (χ0v) is 9.71. The lowest BCUT2D eigenvalue weighted by atomic mass is 9.94. The Labute approximate surface area is 101 Å². The quantitative estimate of drug-likeness (QED) is 0.587. The van der Waals surface area contributed by atoms with Crippen LogP contribution in [0.3, 0.4) is 0 Å². The van der Waals surface area contributed by atoms with Gasteiger partial charge in [-0.1, -0.05) is 42.5 Å². The van der Waals surface area contributed by atoms with Crippen LogP contribution in [-0.4, -0.2) is 5.97 Å². The zero-order chi connectivity index (χ0) is 11.7. The van der Waals surface area contributed by atoms with Crippen LogP contribution in [0, 0.1) is 17.8 Å². The van der Waals surface area contributed by atoms with E-state index in [0.29, 0.717) is 18.4 Å². The molecule has 0 unspecified atom stereocenters. The molecule has 0 aliphatic heterocycles. The Hall–Kier alpha value is -1.57. The molecule has 3 rings (SSSR count). The molecule has 2 nitrogen and oxygen atoms in total. The van der Waals surface area contributed by atoms with Gasteiger partial charge in [-0.3, -0.25) is 4.79 Å². The van der Waals surface area contributed by atoms with E-state index in [1.165, 1.54) is 0 Å². The number of hydrogen-bond donors (Lipinski definition) is 0. The van der Waals surface area contributed by atoms with Gasteiger partial charge in [0.2, 0.25) is 0 Å². The minimum absolute atomic E-state index is 0.0225. The van der Waals surface area contributed by atoms with E-state index < -0.39 is 0 Å². The molecule has 1 saturated carbocycles. The molecule has 0 heterocycles. The van der Waals surface area contributed by atoms with Crippen molar-refractivity contribution in [1.29, 1.82) is 0 Å². The maximum atomic E-state index is 12.0. The first-order valence-electron chi connectivity index (χ1n) is 6.22. The molecule has 2 aliphatic rings. The van der Waals surface area contributed by atoms with Gasteiger partial charge in [-0.25, -0.2) is 0 Å². The molecule has 2 heteroatoms. The van der Waals surface area contributed by atoms with E-state index in [0.717, 1.165) is 18.4 Å². The molecule has 1 aromatic rings. The smallest absolute Gasteiger partial charge is 0.309 e. The van der Waals surface area contributed by atoms with E-state index in [2.05, 4.69) is 12.2 Å². The van der Waals surface area contributed by atoms with Crippen molar-refractivity contribution in [3.8, 4) is 0 Å². The van der Waals surface area contributed by atoms with E-state index in [4.69, 9.17) is 4.74 Å². The lowest BCUT2D eigenvalue weighted by Crippen LogP contribution is -2.21. The highest BCUT2D eigenvalue weighted by atomic mass is 16.5. The lowest BCUT2D eigenvalue weighted by molar-refractivity contribution is -0.150. The lowest BCUT2D eigenvalue weighted by Gasteiger charge is -2.16. The molecule has 0 aromatic heterocycles. The summed E-state index contributed by atoms with van der Waals surface area (Å²) in [6.45, 7) is 0.400. The molecule has 1 fully saturated rings. The van der Waals surface area contributed by atoms with Crippen molar-refractivity contribution in [3.63, 3.8) is 0 Å². The van der Waals surface area contributed by atoms with Gasteiger partial charge in [-0.15, -0.1) is 0 Å². The average Bonchev–Trinajstić information content (AvgIpc) is 2.99. The highest BCUT2D eigenvalue weighted by molar-refractivity contribution is 5.74. The van der Waals surface area contributed by atoms with Gasteiger partial charge in [0.25, 0.3) is 0 Å². The van der Waals surface area contributed by atoms with Crippen LogP contribution in [0.1, 0.15) is 18.4 Å². The Bertz CT molecular complexity index is 435. The Morgan fingerprint density at radius 3 is 2.65 bits per heavy atom. The fraction of sp³-hybridized carbons (Fsp3) is 0.400. The molecule has 3 atom stereocenters. The Balaban J connectivity index is 1.56. The average molecular weight is 228 g/mol. The van der Waals surface area contributed by atoms with Crippen LogP contribution in [-0.2, 0) is 16.1 Å². The second-order valence-corrected chi connectivity index (χ2v) is 4.98. The van der Waals surface area contributed by atoms with Crippen LogP contribution in [0.15, 0.2) is 42.5 Å². The molecule has 2 aliphatic carbocycles. The summed E-state index contributed by atoms with van der Waals surface area (Å²) in [5, 5.41) is 0. The molecule has 17 heavy (non-hydrogen) atoms. The van der Waals surface area contributed by atoms with Gasteiger partial charge < -0.3 is 4.74 Å². The number of hydrogen-bond acceptors (Lipinski definition) is 2. The number of benzene rings is 1. The topological polar surface area (TPSA) is 26.3 Å². The predicted molar refractivity (Wildman–Crippen MR) is 65.1 cm³/mol. The van der Waals surface area contributed by atoms with Gasteiger partial charge >= 0.3 is 5.97 Å². The molecule has 0 N–H and O–H groups in total. The van der Waals surface area contributed by atoms with Crippen molar-refractivity contribution < 1.29 is 9.53 Å². The molecule has 2 bridgehead atoms. The first-order valence-corrected chi connectivity index (χ1v) is 6.22. The minimum atomic E-state index is -0.0225. The van der Waals surface area contributed by atoms with Gasteiger partial charge in [0, 0.05) is 0 Å². The number of rotatable bonds is 3. The highest BCUT2D eigenvalue weighted by Crippen LogP contribution is 2.43. The SMILES string of the molecule is O=C(OCc1ccccc1)[C@@H]1C[C@@H]2C=C[C@H]1C2. The van der Waals surface area contributed by atoms with Crippen LogP contribution in [0.4, 0.5) is 0 Å². The van der Waals surface area contributed by atoms with Crippen molar-refractivity contribution in [1.82, 2.24) is 0 Å². The maximum absolute atomic E-state index is 12.0. The number of carbonyl (C=O) groups is 1. The van der Waals surface area contributed by atoms with Crippen LogP contribution < -0.4 is 0 Å². The fourth-order valence-electron chi connectivity index (χ4n) is 2.89. The number of esters is 1. The zero-order valence-electron chi connectivity index (χ0n) is 9.71. The van der Waals surface area contributed by atoms with Gasteiger partial charge in [-0.2, -0.15) is 0 Å². The first kappa shape index (κ1) is 10.6. The standard InChI is InChI=1S/C15H16O2/c16-15(14-9-12-6-7-13(14)8-12)17-10-11-4-2-1-3-5-11/h1-7,12-14H,8-10H2/t12-,13+,14-/m1/s1. The van der Waals surface area contributed by atoms with Crippen LogP contribution in [0.25, 0.3) is 0 Å². The first-order chi connectivity index (χ1) is 8.33. The predicted octanol–water partition coefficient (Wildman–Crippen LogP) is 2.94. The monoisotopic (exact) mass is 228 g/mol. The van der Waals surface area contributed by atoms with E-state index >= 15 is 0 Å². The van der Waals surface area contributed by atoms with Crippen molar-refractivity contribution in [3.05, 3.63) is 48.0 Å². The van der Waals surface area contributed by atoms with Gasteiger partial charge in [0.1, 0.15) is 6.61 Å². The molecule has 0 radical (unpaired) electrons. The van der Waals surface area contributed by atoms with Crippen molar-refractivity contribution in [2.75, 3.05) is 0 Å². The Morgan fingerprint density at radius 2 is 2.00 bits per heavy atom. The third-order valence-electron chi connectivity index (χ3n) is 3.81. The van der Waals surface area contributed by atoms with E-state index in [1.54, 1.807) is 0 Å². The summed E-state index contributed by atoms with van der Waals surface area (Å²) >= 11 is 0. The Morgan fingerprint density at radius 1 is 1.18 bits per heavy atom. The van der Waals surface area contributed by atoms with E-state index in [1.807, 2.05) is 30.3 Å². The molecular weight excluding hydrogens is 212 g/mol. The second kappa shape index (κ2) is 4.36. The van der Waals surface area contributed by atoms with E-state index in [9.17, 15) is 4.79 Å². The van der Waals surface area contributed by atoms with Crippen LogP contribution in [0.2, 0.25) is 0 Å². The summed E-state index contributed by atoms with van der Waals surface area (Å²) in [5.74, 6) is 1.14. The van der Waals surface area contributed by atoms with Crippen molar-refractivity contribution in [2.24, 2.45) is 17.8 Å². The summed E-state index contributed by atoms with van der Waals surface area (Å²) in [6.07, 6.45) is 6.55. The molecule has 0 saturated heterocycles. The molecular formula is C15H16O2. The third kappa shape index (κ3) is 2.12. The van der Waals surface area contributed by atoms with Gasteiger partial charge in [-0.05, 0) is 30.2 Å². The number of carbonyl (C=O) groups excluding carboxylic acids is 1. The van der Waals surface area contributed by atoms with Crippen LogP contribution in [0.5, 0.6) is 0 Å². The summed E-state index contributed by atoms with van der Waals surface area (Å²) in [5.41, 5.74) is 1.06. The highest BCUT2D eigenvalue weighted by Gasteiger charge is 2.40. The number of ether oxygens (including phenoxy) is 1. The van der Waals surface area contributed by atoms with Gasteiger partial charge in [0.05, 0.1) is 5.92 Å². The van der Waals surface area contributed by atoms with Gasteiger partial charge in [0.15, 0.2) is 0 Å². The summed E-state index contributed by atoms with van der Waals surface area (Å²) < 4.78 is 5.39. The number of fused-ring (bicyclic) bond motifs is 2. The van der Waals surface area contributed by atoms with Crippen molar-refractivity contribution in [2.45, 2.75) is 19.4 Å². The third-order valence-corrected chi connectivity index (χ3v) is 3.81. The molecule has 1 aromatic carbocycles. The minimum Gasteiger partial charge on any atom is -0.461 e. The molecule has 0 spiro atoms. The summed E-state index contributed by atoms with van der Waals surface area (Å²) in [7, 11) is 0. The normalized spacial score (nSPS) is 29.5. The largest absolute Gasteiger partial charge is 0.461 e. The van der Waals surface area contributed by atoms with Crippen LogP contribution >= 0.6 is 0 Å². The molecule has 88 valence electrons. The summed E-state index contributed by atoms with van der Waals surface area (Å²) in [6, 6.07) is 9.85. The fourth-order valence-corrected chi connectivity index (χ4v) is 2.89. The second-order valence-electron chi connectivity index (χ2n) is 4.98. The van der Waals surface area contributed by atoms with E-state index in [-0.39, 0.29) is 11.9 Å². The van der Waals surface area contributed by atoms with Crippen molar-refractivity contribution >= 4 is 5.97 Å². The number of allylic oxidation sites excluding steroid dienone is 2. The molecule has 0 amide bonds. The summed E-state index contributed by atoms with van der Waals surface area (Å²) in [4.78, 5) is 12.0. The Kier molecular flexibility index (Phi) is 2.71.